The molecular formula is C14H20ClNO. The van der Waals surface area contributed by atoms with E-state index in [4.69, 9.17) is 22.1 Å². The summed E-state index contributed by atoms with van der Waals surface area (Å²) in [5.74, 6) is 0. The number of hydrogen-bond donors (Lipinski definition) is 1. The molecule has 2 nitrogen and oxygen atoms in total. The van der Waals surface area contributed by atoms with Crippen LogP contribution >= 0.6 is 11.6 Å². The zero-order valence-corrected chi connectivity index (χ0v) is 11.0. The fourth-order valence-corrected chi connectivity index (χ4v) is 2.53. The van der Waals surface area contributed by atoms with Crippen LogP contribution in [-0.2, 0) is 11.2 Å². The van der Waals surface area contributed by atoms with Crippen LogP contribution in [0.3, 0.4) is 0 Å². The molecule has 1 aromatic carbocycles. The van der Waals surface area contributed by atoms with Crippen molar-refractivity contribution in [2.45, 2.75) is 50.9 Å². The predicted molar refractivity (Wildman–Crippen MR) is 71.3 cm³/mol. The Labute approximate surface area is 108 Å². The first kappa shape index (κ1) is 12.9. The van der Waals surface area contributed by atoms with Gasteiger partial charge in [-0.2, -0.15) is 0 Å². The van der Waals surface area contributed by atoms with Crippen LogP contribution in [0.25, 0.3) is 0 Å². The molecule has 1 heterocycles. The van der Waals surface area contributed by atoms with E-state index in [1.54, 1.807) is 0 Å². The molecule has 0 aromatic heterocycles. The average molecular weight is 254 g/mol. The second-order valence-electron chi connectivity index (χ2n) is 4.97. The smallest absolute Gasteiger partial charge is 0.0594 e. The average Bonchev–Trinajstić information content (AvgIpc) is 2.67. The molecule has 0 amide bonds. The number of rotatable bonds is 4. The minimum absolute atomic E-state index is 0.173. The second kappa shape index (κ2) is 5.85. The monoisotopic (exact) mass is 253 g/mol. The van der Waals surface area contributed by atoms with Gasteiger partial charge >= 0.3 is 0 Å². The minimum Gasteiger partial charge on any atom is -0.375 e. The van der Waals surface area contributed by atoms with E-state index in [1.807, 2.05) is 24.3 Å². The van der Waals surface area contributed by atoms with Crippen LogP contribution in [0.4, 0.5) is 0 Å². The van der Waals surface area contributed by atoms with Crippen LogP contribution in [0.15, 0.2) is 24.3 Å². The number of halogens is 1. The highest BCUT2D eigenvalue weighted by atomic mass is 35.5. The summed E-state index contributed by atoms with van der Waals surface area (Å²) in [6, 6.07) is 8.09. The van der Waals surface area contributed by atoms with E-state index in [1.165, 1.54) is 12.0 Å². The molecule has 1 aliphatic heterocycles. The molecule has 3 heteroatoms. The van der Waals surface area contributed by atoms with E-state index in [9.17, 15) is 0 Å². The van der Waals surface area contributed by atoms with Gasteiger partial charge in [-0.15, -0.1) is 0 Å². The Morgan fingerprint density at radius 3 is 2.65 bits per heavy atom. The molecule has 0 aliphatic carbocycles. The van der Waals surface area contributed by atoms with Crippen molar-refractivity contribution in [3.8, 4) is 0 Å². The first-order valence-electron chi connectivity index (χ1n) is 6.29. The van der Waals surface area contributed by atoms with Gasteiger partial charge in [0.25, 0.3) is 0 Å². The third-order valence-electron chi connectivity index (χ3n) is 3.30. The molecule has 0 bridgehead atoms. The maximum atomic E-state index is 6.16. The van der Waals surface area contributed by atoms with E-state index in [0.717, 1.165) is 24.3 Å². The zero-order valence-electron chi connectivity index (χ0n) is 10.2. The summed E-state index contributed by atoms with van der Waals surface area (Å²) in [5, 5.41) is 0.773. The van der Waals surface area contributed by atoms with Gasteiger partial charge in [0.1, 0.15) is 0 Å². The molecule has 1 fully saturated rings. The second-order valence-corrected chi connectivity index (χ2v) is 5.41. The van der Waals surface area contributed by atoms with Gasteiger partial charge in [0.15, 0.2) is 0 Å². The molecule has 0 spiro atoms. The van der Waals surface area contributed by atoms with Gasteiger partial charge in [0, 0.05) is 11.1 Å². The van der Waals surface area contributed by atoms with Crippen molar-refractivity contribution < 1.29 is 4.74 Å². The fourth-order valence-electron chi connectivity index (χ4n) is 2.40. The maximum absolute atomic E-state index is 6.16. The highest BCUT2D eigenvalue weighted by molar-refractivity contribution is 6.30. The van der Waals surface area contributed by atoms with Crippen molar-refractivity contribution in [1.29, 1.82) is 0 Å². The van der Waals surface area contributed by atoms with Gasteiger partial charge in [0.05, 0.1) is 12.2 Å². The molecule has 1 saturated heterocycles. The summed E-state index contributed by atoms with van der Waals surface area (Å²) in [7, 11) is 0. The summed E-state index contributed by atoms with van der Waals surface area (Å²) in [5.41, 5.74) is 7.40. The summed E-state index contributed by atoms with van der Waals surface area (Å²) < 4.78 is 5.79. The molecule has 0 radical (unpaired) electrons. The number of ether oxygens (including phenoxy) is 1. The molecular weight excluding hydrogens is 234 g/mol. The third-order valence-corrected chi connectivity index (χ3v) is 3.55. The Kier molecular flexibility index (Phi) is 4.43. The highest BCUT2D eigenvalue weighted by Crippen LogP contribution is 2.23. The predicted octanol–water partition coefficient (Wildman–Crippen LogP) is 3.17. The molecule has 3 unspecified atom stereocenters. The SMILES string of the molecule is CC1CCC(CC(N)Cc2ccc(Cl)cc2)O1. The molecule has 0 saturated carbocycles. The fraction of sp³-hybridized carbons (Fsp3) is 0.571. The van der Waals surface area contributed by atoms with E-state index in [0.29, 0.717) is 12.2 Å². The van der Waals surface area contributed by atoms with Gasteiger partial charge in [0.2, 0.25) is 0 Å². The van der Waals surface area contributed by atoms with Crippen LogP contribution in [0.1, 0.15) is 31.7 Å². The summed E-state index contributed by atoms with van der Waals surface area (Å²) in [4.78, 5) is 0. The minimum atomic E-state index is 0.173. The lowest BCUT2D eigenvalue weighted by molar-refractivity contribution is 0.0471. The van der Waals surface area contributed by atoms with Gasteiger partial charge < -0.3 is 10.5 Å². The Balaban J connectivity index is 1.80. The van der Waals surface area contributed by atoms with Crippen LogP contribution in [0, 0.1) is 0 Å². The van der Waals surface area contributed by atoms with Crippen molar-refractivity contribution in [1.82, 2.24) is 0 Å². The van der Waals surface area contributed by atoms with Gasteiger partial charge in [-0.1, -0.05) is 23.7 Å². The highest BCUT2D eigenvalue weighted by Gasteiger charge is 2.23. The Morgan fingerprint density at radius 1 is 1.35 bits per heavy atom. The zero-order chi connectivity index (χ0) is 12.3. The van der Waals surface area contributed by atoms with Gasteiger partial charge in [-0.25, -0.2) is 0 Å². The van der Waals surface area contributed by atoms with Crippen molar-refractivity contribution in [3.63, 3.8) is 0 Å². The first-order chi connectivity index (χ1) is 8.13. The van der Waals surface area contributed by atoms with E-state index in [2.05, 4.69) is 6.92 Å². The van der Waals surface area contributed by atoms with Crippen molar-refractivity contribution in [2.24, 2.45) is 5.73 Å². The van der Waals surface area contributed by atoms with Crippen LogP contribution in [-0.4, -0.2) is 18.2 Å². The lowest BCUT2D eigenvalue weighted by Crippen LogP contribution is -2.28. The quantitative estimate of drug-likeness (QED) is 0.895. The van der Waals surface area contributed by atoms with E-state index < -0.39 is 0 Å². The van der Waals surface area contributed by atoms with Gasteiger partial charge in [-0.3, -0.25) is 0 Å². The maximum Gasteiger partial charge on any atom is 0.0594 e. The lowest BCUT2D eigenvalue weighted by atomic mass is 10.00. The molecule has 1 aromatic rings. The topological polar surface area (TPSA) is 35.2 Å². The van der Waals surface area contributed by atoms with Crippen molar-refractivity contribution in [2.75, 3.05) is 0 Å². The van der Waals surface area contributed by atoms with Crippen molar-refractivity contribution in [3.05, 3.63) is 34.9 Å². The summed E-state index contributed by atoms with van der Waals surface area (Å²) in [6.07, 6.45) is 4.92. The largest absolute Gasteiger partial charge is 0.375 e. The molecule has 3 atom stereocenters. The summed E-state index contributed by atoms with van der Waals surface area (Å²) >= 11 is 5.85. The van der Waals surface area contributed by atoms with E-state index >= 15 is 0 Å². The molecule has 94 valence electrons. The Hall–Kier alpha value is -0.570. The lowest BCUT2D eigenvalue weighted by Gasteiger charge is -2.17. The van der Waals surface area contributed by atoms with Crippen LogP contribution in [0.5, 0.6) is 0 Å². The molecule has 2 N–H and O–H groups in total. The van der Waals surface area contributed by atoms with Crippen molar-refractivity contribution >= 4 is 11.6 Å². The molecule has 17 heavy (non-hydrogen) atoms. The number of nitrogens with two attached hydrogens (primary N) is 1. The number of benzene rings is 1. The molecule has 1 aliphatic rings. The first-order valence-corrected chi connectivity index (χ1v) is 6.67. The Morgan fingerprint density at radius 2 is 2.06 bits per heavy atom. The van der Waals surface area contributed by atoms with E-state index in [-0.39, 0.29) is 6.04 Å². The van der Waals surface area contributed by atoms with Crippen LogP contribution < -0.4 is 5.73 Å². The number of hydrogen-bond acceptors (Lipinski definition) is 2. The standard InChI is InChI=1S/C14H20ClNO/c1-10-2-7-14(17-10)9-13(16)8-11-3-5-12(15)6-4-11/h3-6,10,13-14H,2,7-9,16H2,1H3. The third kappa shape index (κ3) is 3.98. The van der Waals surface area contributed by atoms with Gasteiger partial charge in [-0.05, 0) is 50.3 Å². The normalized spacial score (nSPS) is 26.1. The Bertz CT molecular complexity index is 352. The molecule has 2 rings (SSSR count). The van der Waals surface area contributed by atoms with Crippen LogP contribution in [0.2, 0.25) is 5.02 Å². The summed E-state index contributed by atoms with van der Waals surface area (Å²) in [6.45, 7) is 2.13.